The number of alkyl halides is 3. The molecule has 10 heteroatoms. The summed E-state index contributed by atoms with van der Waals surface area (Å²) in [6, 6.07) is 12.6. The van der Waals surface area contributed by atoms with E-state index in [0.717, 1.165) is 11.1 Å². The summed E-state index contributed by atoms with van der Waals surface area (Å²) in [6.45, 7) is 3.42. The van der Waals surface area contributed by atoms with Crippen LogP contribution in [0.15, 0.2) is 53.4 Å². The maximum absolute atomic E-state index is 12.6. The van der Waals surface area contributed by atoms with Gasteiger partial charge in [-0.15, -0.1) is 0 Å². The van der Waals surface area contributed by atoms with Gasteiger partial charge in [-0.3, -0.25) is 9.69 Å². The second kappa shape index (κ2) is 10.3. The van der Waals surface area contributed by atoms with Crippen molar-refractivity contribution < 1.29 is 26.4 Å². The highest BCUT2D eigenvalue weighted by Crippen LogP contribution is 2.16. The van der Waals surface area contributed by atoms with Crippen molar-refractivity contribution in [3.8, 4) is 0 Å². The molecule has 0 fully saturated rings. The first-order chi connectivity index (χ1) is 14.4. The molecule has 2 N–H and O–H groups in total. The number of benzene rings is 2. The molecule has 0 aliphatic carbocycles. The number of nitrogens with zero attached hydrogens (tertiary/aromatic N) is 1. The fourth-order valence-electron chi connectivity index (χ4n) is 2.66. The number of hydrogen-bond donors (Lipinski definition) is 2. The summed E-state index contributed by atoms with van der Waals surface area (Å²) >= 11 is 0. The Bertz CT molecular complexity index is 991. The zero-order chi connectivity index (χ0) is 23.2. The first-order valence-electron chi connectivity index (χ1n) is 9.61. The molecular weight excluding hydrogens is 431 g/mol. The van der Waals surface area contributed by atoms with Crippen molar-refractivity contribution in [1.29, 1.82) is 0 Å². The van der Waals surface area contributed by atoms with Crippen molar-refractivity contribution in [2.45, 2.75) is 44.1 Å². The van der Waals surface area contributed by atoms with Crippen molar-refractivity contribution in [2.24, 2.45) is 0 Å². The van der Waals surface area contributed by atoms with Crippen LogP contribution in [-0.2, 0) is 23.1 Å². The van der Waals surface area contributed by atoms with Gasteiger partial charge in [0.15, 0.2) is 0 Å². The Morgan fingerprint density at radius 3 is 2.16 bits per heavy atom. The highest BCUT2D eigenvalue weighted by atomic mass is 32.2. The molecule has 0 aliphatic heterocycles. The van der Waals surface area contributed by atoms with E-state index in [9.17, 15) is 26.4 Å². The van der Waals surface area contributed by atoms with Gasteiger partial charge < -0.3 is 5.32 Å². The zero-order valence-corrected chi connectivity index (χ0v) is 18.3. The molecule has 1 amide bonds. The molecule has 2 rings (SSSR count). The minimum Gasteiger partial charge on any atom is -0.343 e. The van der Waals surface area contributed by atoms with Gasteiger partial charge in [0.1, 0.15) is 6.54 Å². The van der Waals surface area contributed by atoms with Crippen LogP contribution in [0.1, 0.15) is 35.3 Å². The van der Waals surface area contributed by atoms with E-state index >= 15 is 0 Å². The molecule has 0 atom stereocenters. The maximum atomic E-state index is 12.6. The molecule has 0 aliphatic rings. The Balaban J connectivity index is 2.06. The fourth-order valence-corrected chi connectivity index (χ4v) is 3.67. The molecular formula is C21H26F3N3O3S. The lowest BCUT2D eigenvalue weighted by atomic mass is 10.1. The van der Waals surface area contributed by atoms with Gasteiger partial charge in [-0.05, 0) is 56.3 Å². The molecule has 0 unspecified atom stereocenters. The van der Waals surface area contributed by atoms with E-state index in [-0.39, 0.29) is 17.0 Å². The third-order valence-electron chi connectivity index (χ3n) is 4.75. The molecule has 0 radical (unpaired) electrons. The minimum atomic E-state index is -4.52. The zero-order valence-electron chi connectivity index (χ0n) is 17.5. The van der Waals surface area contributed by atoms with Crippen LogP contribution in [-0.4, -0.2) is 45.0 Å². The molecule has 0 saturated carbocycles. The van der Waals surface area contributed by atoms with Crippen molar-refractivity contribution in [2.75, 3.05) is 13.6 Å². The van der Waals surface area contributed by atoms with Gasteiger partial charge in [-0.2, -0.15) is 13.2 Å². The Kier molecular flexibility index (Phi) is 8.21. The average molecular weight is 458 g/mol. The van der Waals surface area contributed by atoms with Gasteiger partial charge in [-0.25, -0.2) is 13.1 Å². The van der Waals surface area contributed by atoms with Crippen molar-refractivity contribution in [3.05, 3.63) is 65.2 Å². The van der Waals surface area contributed by atoms with E-state index < -0.39 is 28.7 Å². The molecule has 6 nitrogen and oxygen atoms in total. The number of carbonyl (C=O) groups is 1. The summed E-state index contributed by atoms with van der Waals surface area (Å²) in [6.07, 6.45) is -4.52. The average Bonchev–Trinajstić information content (AvgIpc) is 2.71. The van der Waals surface area contributed by atoms with Gasteiger partial charge in [0.05, 0.1) is 4.90 Å². The Morgan fingerprint density at radius 2 is 1.61 bits per heavy atom. The number of nitrogens with one attached hydrogen (secondary N) is 2. The fraction of sp³-hybridized carbons (Fsp3) is 0.381. The maximum Gasteiger partial charge on any atom is 0.405 e. The summed E-state index contributed by atoms with van der Waals surface area (Å²) in [5.74, 6) is -0.933. The van der Waals surface area contributed by atoms with Gasteiger partial charge >= 0.3 is 6.18 Å². The third kappa shape index (κ3) is 7.64. The van der Waals surface area contributed by atoms with Crippen molar-refractivity contribution in [3.63, 3.8) is 0 Å². The predicted molar refractivity (Wildman–Crippen MR) is 112 cm³/mol. The Labute approximate surface area is 180 Å². The van der Waals surface area contributed by atoms with Crippen LogP contribution >= 0.6 is 0 Å². The number of carbonyl (C=O) groups excluding carboxylic acids is 1. The predicted octanol–water partition coefficient (Wildman–Crippen LogP) is 3.30. The van der Waals surface area contributed by atoms with Crippen LogP contribution in [0.5, 0.6) is 0 Å². The Morgan fingerprint density at radius 1 is 1.03 bits per heavy atom. The minimum absolute atomic E-state index is 0.0646. The molecule has 2 aromatic rings. The molecule has 0 saturated heterocycles. The quantitative estimate of drug-likeness (QED) is 0.606. The van der Waals surface area contributed by atoms with Gasteiger partial charge in [-0.1, -0.05) is 24.3 Å². The first-order valence-corrected chi connectivity index (χ1v) is 11.1. The summed E-state index contributed by atoms with van der Waals surface area (Å²) in [4.78, 5) is 13.8. The Hall–Kier alpha value is -2.43. The molecule has 170 valence electrons. The standard InChI is InChI=1S/C21H26F3N3O3S/c1-15(2)27(3)13-18-7-5-4-6-17(18)12-26-31(29,30)19-10-8-16(9-11-19)20(28)25-14-21(22,23)24/h4-11,15,26H,12-14H2,1-3H3,(H,25,28). The van der Waals surface area contributed by atoms with E-state index in [1.807, 2.05) is 31.3 Å². The summed E-state index contributed by atoms with van der Waals surface area (Å²) < 4.78 is 64.4. The summed E-state index contributed by atoms with van der Waals surface area (Å²) in [5, 5.41) is 1.74. The number of rotatable bonds is 9. The van der Waals surface area contributed by atoms with Gasteiger partial charge in [0, 0.05) is 24.7 Å². The monoisotopic (exact) mass is 457 g/mol. The lowest BCUT2D eigenvalue weighted by Gasteiger charge is -2.22. The molecule has 2 aromatic carbocycles. The second-order valence-corrected chi connectivity index (χ2v) is 9.19. The normalized spacial score (nSPS) is 12.4. The number of hydrogen-bond acceptors (Lipinski definition) is 4. The number of halogens is 3. The lowest BCUT2D eigenvalue weighted by molar-refractivity contribution is -0.123. The first kappa shape index (κ1) is 24.8. The largest absolute Gasteiger partial charge is 0.405 e. The van der Waals surface area contributed by atoms with E-state index in [0.29, 0.717) is 12.6 Å². The van der Waals surface area contributed by atoms with Crippen molar-refractivity contribution >= 4 is 15.9 Å². The molecule has 0 aromatic heterocycles. The lowest BCUT2D eigenvalue weighted by Crippen LogP contribution is -2.33. The van der Waals surface area contributed by atoms with E-state index in [2.05, 4.69) is 23.5 Å². The SMILES string of the molecule is CC(C)N(C)Cc1ccccc1CNS(=O)(=O)c1ccc(C(=O)NCC(F)(F)F)cc1. The summed E-state index contributed by atoms with van der Waals surface area (Å²) in [5.41, 5.74) is 1.77. The third-order valence-corrected chi connectivity index (χ3v) is 6.17. The number of amides is 1. The second-order valence-electron chi connectivity index (χ2n) is 7.42. The summed E-state index contributed by atoms with van der Waals surface area (Å²) in [7, 11) is -1.89. The van der Waals surface area contributed by atoms with Crippen LogP contribution in [0.25, 0.3) is 0 Å². The van der Waals surface area contributed by atoms with Crippen LogP contribution in [0.2, 0.25) is 0 Å². The van der Waals surface area contributed by atoms with Crippen LogP contribution < -0.4 is 10.0 Å². The van der Waals surface area contributed by atoms with E-state index in [1.165, 1.54) is 24.3 Å². The number of sulfonamides is 1. The molecule has 0 bridgehead atoms. The van der Waals surface area contributed by atoms with E-state index in [4.69, 9.17) is 0 Å². The van der Waals surface area contributed by atoms with Crippen LogP contribution in [0.3, 0.4) is 0 Å². The van der Waals surface area contributed by atoms with Crippen LogP contribution in [0, 0.1) is 0 Å². The van der Waals surface area contributed by atoms with Crippen molar-refractivity contribution in [1.82, 2.24) is 14.9 Å². The molecule has 0 heterocycles. The molecule has 0 spiro atoms. The van der Waals surface area contributed by atoms with Gasteiger partial charge in [0.25, 0.3) is 5.91 Å². The van der Waals surface area contributed by atoms with Gasteiger partial charge in [0.2, 0.25) is 10.0 Å². The van der Waals surface area contributed by atoms with E-state index in [1.54, 1.807) is 5.32 Å². The van der Waals surface area contributed by atoms with Crippen LogP contribution in [0.4, 0.5) is 13.2 Å². The highest BCUT2D eigenvalue weighted by molar-refractivity contribution is 7.89. The topological polar surface area (TPSA) is 78.5 Å². The highest BCUT2D eigenvalue weighted by Gasteiger charge is 2.28. The molecule has 31 heavy (non-hydrogen) atoms. The smallest absolute Gasteiger partial charge is 0.343 e.